The number of hydrogen-bond donors (Lipinski definition) is 10. The van der Waals surface area contributed by atoms with Crippen molar-refractivity contribution in [1.29, 1.82) is 0 Å². The molecule has 222 valence electrons. The minimum atomic E-state index is -1.47. The number of amides is 4. The molecule has 0 saturated heterocycles. The zero-order chi connectivity index (χ0) is 30.4. The third-order valence-electron chi connectivity index (χ3n) is 5.70. The minimum Gasteiger partial charge on any atom is -0.508 e. The Bertz CT molecular complexity index is 1060. The van der Waals surface area contributed by atoms with Crippen molar-refractivity contribution in [2.24, 2.45) is 27.9 Å². The fraction of sp³-hybridized carbons (Fsp3) is 0.500. The summed E-state index contributed by atoms with van der Waals surface area (Å²) in [5.41, 5.74) is 21.9. The standard InChI is InChI=1S/C24H38N8O8/c1-12(33)19(26)22(38)30-15(3-2-10-29-24(27)28)20(36)32-17(11-13-4-6-14(34)7-5-13)21(37)31-16(23(39)40)8-9-18(25)35/h4-7,12,15-17,19,33-34H,2-3,8-11,26H2,1H3,(H2,25,35)(H,30,38)(H,31,37)(H,32,36)(H,39,40)(H4,27,28,29). The number of nitrogens with two attached hydrogens (primary N) is 4. The van der Waals surface area contributed by atoms with E-state index in [-0.39, 0.29) is 50.4 Å². The van der Waals surface area contributed by atoms with Crippen LogP contribution >= 0.6 is 0 Å². The number of aliphatic hydroxyl groups excluding tert-OH is 1. The van der Waals surface area contributed by atoms with Crippen LogP contribution in [0.2, 0.25) is 0 Å². The molecular formula is C24H38N8O8. The molecule has 1 rings (SSSR count). The third-order valence-corrected chi connectivity index (χ3v) is 5.70. The van der Waals surface area contributed by atoms with Gasteiger partial charge < -0.3 is 54.2 Å². The maximum atomic E-state index is 13.3. The summed E-state index contributed by atoms with van der Waals surface area (Å²) < 4.78 is 0. The maximum Gasteiger partial charge on any atom is 0.326 e. The second kappa shape index (κ2) is 16.5. The van der Waals surface area contributed by atoms with Gasteiger partial charge in [0.1, 0.15) is 29.9 Å². The summed E-state index contributed by atoms with van der Waals surface area (Å²) in [5.74, 6) is -4.90. The van der Waals surface area contributed by atoms with Crippen molar-refractivity contribution in [3.8, 4) is 5.75 Å². The van der Waals surface area contributed by atoms with Crippen LogP contribution in [0.1, 0.15) is 38.2 Å². The number of aliphatic carboxylic acids is 1. The molecule has 0 spiro atoms. The van der Waals surface area contributed by atoms with Crippen LogP contribution in [0.5, 0.6) is 5.75 Å². The topological polar surface area (TPSA) is 299 Å². The lowest BCUT2D eigenvalue weighted by Gasteiger charge is -2.25. The molecule has 0 aliphatic rings. The quantitative estimate of drug-likeness (QED) is 0.0501. The summed E-state index contributed by atoms with van der Waals surface area (Å²) in [4.78, 5) is 65.5. The number of nitrogens with zero attached hydrogens (tertiary/aromatic N) is 1. The van der Waals surface area contributed by atoms with Gasteiger partial charge in [0.25, 0.3) is 0 Å². The van der Waals surface area contributed by atoms with Gasteiger partial charge >= 0.3 is 5.97 Å². The molecule has 0 bridgehead atoms. The molecule has 0 radical (unpaired) electrons. The first-order valence-electron chi connectivity index (χ1n) is 12.4. The van der Waals surface area contributed by atoms with Crippen LogP contribution in [-0.4, -0.2) is 87.7 Å². The van der Waals surface area contributed by atoms with Gasteiger partial charge in [0.15, 0.2) is 5.96 Å². The Hall–Kier alpha value is -4.44. The van der Waals surface area contributed by atoms with Crippen LogP contribution in [0.4, 0.5) is 0 Å². The van der Waals surface area contributed by atoms with E-state index < -0.39 is 59.9 Å². The van der Waals surface area contributed by atoms with E-state index in [9.17, 15) is 39.3 Å². The number of aliphatic imine (C=N–C) groups is 1. The van der Waals surface area contributed by atoms with E-state index >= 15 is 0 Å². The molecule has 16 heteroatoms. The summed E-state index contributed by atoms with van der Waals surface area (Å²) in [6.45, 7) is 1.43. The first-order valence-corrected chi connectivity index (χ1v) is 12.4. The van der Waals surface area contributed by atoms with Gasteiger partial charge in [-0.1, -0.05) is 12.1 Å². The number of carbonyl (C=O) groups is 5. The van der Waals surface area contributed by atoms with Gasteiger partial charge in [0.05, 0.1) is 6.10 Å². The number of aliphatic hydroxyl groups is 1. The molecule has 0 saturated carbocycles. The Morgan fingerprint density at radius 1 is 0.875 bits per heavy atom. The highest BCUT2D eigenvalue weighted by Gasteiger charge is 2.31. The molecular weight excluding hydrogens is 528 g/mol. The lowest BCUT2D eigenvalue weighted by atomic mass is 10.0. The van der Waals surface area contributed by atoms with Crippen LogP contribution in [-0.2, 0) is 30.4 Å². The highest BCUT2D eigenvalue weighted by molar-refractivity contribution is 5.94. The van der Waals surface area contributed by atoms with E-state index in [1.807, 2.05) is 0 Å². The monoisotopic (exact) mass is 566 g/mol. The second-order valence-corrected chi connectivity index (χ2v) is 9.11. The van der Waals surface area contributed by atoms with Gasteiger partial charge in [-0.2, -0.15) is 0 Å². The van der Waals surface area contributed by atoms with Gasteiger partial charge in [-0.25, -0.2) is 4.79 Å². The number of hydrogen-bond acceptors (Lipinski definition) is 9. The fourth-order valence-corrected chi connectivity index (χ4v) is 3.43. The number of rotatable bonds is 17. The number of carboxylic acid groups (broad SMARTS) is 1. The van der Waals surface area contributed by atoms with Crippen molar-refractivity contribution in [2.75, 3.05) is 6.54 Å². The van der Waals surface area contributed by atoms with Crippen molar-refractivity contribution in [2.45, 2.75) is 69.3 Å². The van der Waals surface area contributed by atoms with Crippen molar-refractivity contribution in [1.82, 2.24) is 16.0 Å². The Kier molecular flexibility index (Phi) is 13.9. The molecule has 1 aromatic carbocycles. The zero-order valence-corrected chi connectivity index (χ0v) is 22.1. The van der Waals surface area contributed by atoms with Crippen LogP contribution in [0.3, 0.4) is 0 Å². The highest BCUT2D eigenvalue weighted by Crippen LogP contribution is 2.12. The van der Waals surface area contributed by atoms with Crippen molar-refractivity contribution in [3.05, 3.63) is 29.8 Å². The van der Waals surface area contributed by atoms with Crippen LogP contribution in [0.25, 0.3) is 0 Å². The molecule has 0 aliphatic heterocycles. The lowest BCUT2D eigenvalue weighted by molar-refractivity contribution is -0.142. The molecule has 5 unspecified atom stereocenters. The van der Waals surface area contributed by atoms with Gasteiger partial charge in [-0.3, -0.25) is 24.2 Å². The molecule has 0 fully saturated rings. The number of phenolic OH excluding ortho intramolecular Hbond substituents is 1. The normalized spacial score (nSPS) is 14.5. The van der Waals surface area contributed by atoms with Gasteiger partial charge in [0.2, 0.25) is 23.6 Å². The average Bonchev–Trinajstić information content (AvgIpc) is 2.87. The molecule has 5 atom stereocenters. The number of guanidine groups is 1. The van der Waals surface area contributed by atoms with E-state index in [0.717, 1.165) is 0 Å². The first-order chi connectivity index (χ1) is 18.7. The lowest BCUT2D eigenvalue weighted by Crippen LogP contribution is -2.58. The van der Waals surface area contributed by atoms with E-state index in [0.29, 0.717) is 5.56 Å². The number of benzene rings is 1. The van der Waals surface area contributed by atoms with Crippen LogP contribution < -0.4 is 38.9 Å². The SMILES string of the molecule is CC(O)C(N)C(=O)NC(CCCN=C(N)N)C(=O)NC(Cc1ccc(O)cc1)C(=O)NC(CCC(N)=O)C(=O)O. The molecule has 4 amide bonds. The Morgan fingerprint density at radius 3 is 1.95 bits per heavy atom. The number of carboxylic acids is 1. The molecule has 0 aromatic heterocycles. The van der Waals surface area contributed by atoms with E-state index in [1.165, 1.54) is 31.2 Å². The molecule has 14 N–H and O–H groups in total. The van der Waals surface area contributed by atoms with E-state index in [4.69, 9.17) is 22.9 Å². The highest BCUT2D eigenvalue weighted by atomic mass is 16.4. The predicted molar refractivity (Wildman–Crippen MR) is 143 cm³/mol. The van der Waals surface area contributed by atoms with E-state index in [1.54, 1.807) is 0 Å². The smallest absolute Gasteiger partial charge is 0.326 e. The molecule has 16 nitrogen and oxygen atoms in total. The van der Waals surface area contributed by atoms with Crippen molar-refractivity contribution in [3.63, 3.8) is 0 Å². The Balaban J connectivity index is 3.20. The Labute approximate surface area is 230 Å². The number of aromatic hydroxyl groups is 1. The molecule has 0 heterocycles. The summed E-state index contributed by atoms with van der Waals surface area (Å²) in [7, 11) is 0. The number of nitrogens with one attached hydrogen (secondary N) is 3. The van der Waals surface area contributed by atoms with Crippen LogP contribution in [0, 0.1) is 0 Å². The van der Waals surface area contributed by atoms with Gasteiger partial charge in [-0.15, -0.1) is 0 Å². The molecule has 40 heavy (non-hydrogen) atoms. The third kappa shape index (κ3) is 12.4. The van der Waals surface area contributed by atoms with Crippen molar-refractivity contribution >= 4 is 35.6 Å². The summed E-state index contributed by atoms with van der Waals surface area (Å²) in [6.07, 6.45) is -1.67. The summed E-state index contributed by atoms with van der Waals surface area (Å²) in [6, 6.07) is 0.344. The average molecular weight is 567 g/mol. The predicted octanol–water partition coefficient (Wildman–Crippen LogP) is -3.50. The fourth-order valence-electron chi connectivity index (χ4n) is 3.43. The molecule has 1 aromatic rings. The van der Waals surface area contributed by atoms with E-state index in [2.05, 4.69) is 20.9 Å². The van der Waals surface area contributed by atoms with Gasteiger partial charge in [-0.05, 0) is 43.9 Å². The largest absolute Gasteiger partial charge is 0.508 e. The Morgan fingerprint density at radius 2 is 1.43 bits per heavy atom. The van der Waals surface area contributed by atoms with Crippen molar-refractivity contribution < 1.29 is 39.3 Å². The number of phenols is 1. The summed E-state index contributed by atoms with van der Waals surface area (Å²) in [5, 5.41) is 35.9. The van der Waals surface area contributed by atoms with Gasteiger partial charge in [0, 0.05) is 19.4 Å². The number of primary amides is 1. The maximum absolute atomic E-state index is 13.3. The second-order valence-electron chi connectivity index (χ2n) is 9.11. The minimum absolute atomic E-state index is 0.0186. The van der Waals surface area contributed by atoms with Crippen LogP contribution in [0.15, 0.2) is 29.3 Å². The zero-order valence-electron chi connectivity index (χ0n) is 22.1. The number of carbonyl (C=O) groups excluding carboxylic acids is 4. The first kappa shape index (κ1) is 33.6. The summed E-state index contributed by atoms with van der Waals surface area (Å²) >= 11 is 0. The molecule has 0 aliphatic carbocycles.